The van der Waals surface area contributed by atoms with Crippen LogP contribution < -0.4 is 10.6 Å². The molecule has 5 nitrogen and oxygen atoms in total. The van der Waals surface area contributed by atoms with Gasteiger partial charge in [-0.15, -0.1) is 10.2 Å². The van der Waals surface area contributed by atoms with Crippen LogP contribution in [0.25, 0.3) is 0 Å². The Morgan fingerprint density at radius 1 is 1.04 bits per heavy atom. The lowest BCUT2D eigenvalue weighted by atomic mass is 10.1. The van der Waals surface area contributed by atoms with E-state index < -0.39 is 0 Å². The van der Waals surface area contributed by atoms with Crippen molar-refractivity contribution in [2.45, 2.75) is 25.4 Å². The van der Waals surface area contributed by atoms with Crippen LogP contribution in [0.15, 0.2) is 59.6 Å². The highest BCUT2D eigenvalue weighted by atomic mass is 35.5. The second-order valence-corrected chi connectivity index (χ2v) is 7.80. The molecule has 0 spiro atoms. The molecule has 0 bridgehead atoms. The van der Waals surface area contributed by atoms with Crippen molar-refractivity contribution in [3.05, 3.63) is 76.3 Å². The van der Waals surface area contributed by atoms with Crippen molar-refractivity contribution in [1.29, 1.82) is 0 Å². The first-order valence-electron chi connectivity index (χ1n) is 8.81. The third-order valence-electron chi connectivity index (χ3n) is 4.04. The van der Waals surface area contributed by atoms with Gasteiger partial charge >= 0.3 is 0 Å². The summed E-state index contributed by atoms with van der Waals surface area (Å²) in [7, 11) is 0. The zero-order valence-corrected chi connectivity index (χ0v) is 17.3. The molecule has 3 aromatic rings. The van der Waals surface area contributed by atoms with Gasteiger partial charge in [-0.05, 0) is 49.2 Å². The summed E-state index contributed by atoms with van der Waals surface area (Å²) in [6.45, 7) is 4.67. The van der Waals surface area contributed by atoms with E-state index in [4.69, 9.17) is 11.6 Å². The minimum Gasteiger partial charge on any atom is -0.365 e. The fraction of sp³-hybridized carbons (Fsp3) is 0.190. The highest BCUT2D eigenvalue weighted by Gasteiger charge is 2.07. The molecule has 2 aromatic carbocycles. The summed E-state index contributed by atoms with van der Waals surface area (Å²) in [5.74, 6) is 0.827. The molecule has 1 amide bonds. The van der Waals surface area contributed by atoms with Crippen molar-refractivity contribution < 1.29 is 4.79 Å². The van der Waals surface area contributed by atoms with E-state index in [1.165, 1.54) is 22.9 Å². The van der Waals surface area contributed by atoms with Crippen molar-refractivity contribution >= 4 is 40.8 Å². The summed E-state index contributed by atoms with van der Waals surface area (Å²) in [5.41, 5.74) is 4.07. The molecular weight excluding hydrogens is 392 g/mol. The number of carbonyl (C=O) groups excluding carboxylic acids is 1. The zero-order valence-electron chi connectivity index (χ0n) is 15.7. The Morgan fingerprint density at radius 3 is 2.50 bits per heavy atom. The number of hydrogen-bond donors (Lipinski definition) is 2. The van der Waals surface area contributed by atoms with Gasteiger partial charge in [0, 0.05) is 17.3 Å². The van der Waals surface area contributed by atoms with Crippen LogP contribution in [-0.2, 0) is 11.3 Å². The Morgan fingerprint density at radius 2 is 1.82 bits per heavy atom. The second kappa shape index (κ2) is 9.57. The van der Waals surface area contributed by atoms with Gasteiger partial charge in [0.1, 0.15) is 10.8 Å². The number of thioether (sulfide) groups is 1. The van der Waals surface area contributed by atoms with E-state index in [0.29, 0.717) is 28.1 Å². The molecule has 1 heterocycles. The summed E-state index contributed by atoms with van der Waals surface area (Å²) in [5, 5.41) is 15.7. The molecule has 0 atom stereocenters. The van der Waals surface area contributed by atoms with E-state index in [1.54, 1.807) is 6.07 Å². The molecule has 28 heavy (non-hydrogen) atoms. The molecule has 144 valence electrons. The maximum Gasteiger partial charge on any atom is 0.234 e. The van der Waals surface area contributed by atoms with Crippen molar-refractivity contribution in [3.8, 4) is 0 Å². The number of amides is 1. The van der Waals surface area contributed by atoms with E-state index in [9.17, 15) is 4.79 Å². The van der Waals surface area contributed by atoms with Crippen LogP contribution in [0.2, 0.25) is 5.02 Å². The van der Waals surface area contributed by atoms with Crippen molar-refractivity contribution in [2.75, 3.05) is 16.4 Å². The lowest BCUT2D eigenvalue weighted by Gasteiger charge is -2.07. The first-order valence-corrected chi connectivity index (χ1v) is 10.2. The standard InChI is InChI=1S/C21H21ClN4OS/c1-14-3-6-16(7-4-14)12-23-19-9-10-21(26-25-19)28-13-20(27)24-17-8-5-15(2)18(22)11-17/h3-11H,12-13H2,1-2H3,(H,23,25)(H,24,27). The summed E-state index contributed by atoms with van der Waals surface area (Å²) in [6.07, 6.45) is 0. The van der Waals surface area contributed by atoms with Crippen LogP contribution in [0, 0.1) is 13.8 Å². The van der Waals surface area contributed by atoms with Crippen molar-refractivity contribution in [3.63, 3.8) is 0 Å². The number of halogens is 1. The van der Waals surface area contributed by atoms with E-state index in [0.717, 1.165) is 5.56 Å². The maximum atomic E-state index is 12.1. The van der Waals surface area contributed by atoms with E-state index in [-0.39, 0.29) is 11.7 Å². The fourth-order valence-corrected chi connectivity index (χ4v) is 3.19. The number of hydrogen-bond acceptors (Lipinski definition) is 5. The first kappa shape index (κ1) is 20.2. The molecule has 0 unspecified atom stereocenters. The Hall–Kier alpha value is -2.57. The SMILES string of the molecule is Cc1ccc(CNc2ccc(SCC(=O)Nc3ccc(C)c(Cl)c3)nn2)cc1. The molecule has 7 heteroatoms. The largest absolute Gasteiger partial charge is 0.365 e. The number of aryl methyl sites for hydroxylation is 2. The highest BCUT2D eigenvalue weighted by molar-refractivity contribution is 7.99. The molecule has 0 aliphatic rings. The van der Waals surface area contributed by atoms with Crippen LogP contribution in [0.3, 0.4) is 0 Å². The van der Waals surface area contributed by atoms with Crippen molar-refractivity contribution in [1.82, 2.24) is 10.2 Å². The number of nitrogens with one attached hydrogen (secondary N) is 2. The smallest absolute Gasteiger partial charge is 0.234 e. The summed E-state index contributed by atoms with van der Waals surface area (Å²) in [4.78, 5) is 12.1. The second-order valence-electron chi connectivity index (χ2n) is 6.40. The van der Waals surface area contributed by atoms with Crippen LogP contribution in [0.4, 0.5) is 11.5 Å². The molecular formula is C21H21ClN4OS. The highest BCUT2D eigenvalue weighted by Crippen LogP contribution is 2.21. The van der Waals surface area contributed by atoms with Crippen LogP contribution in [0.1, 0.15) is 16.7 Å². The minimum atomic E-state index is -0.117. The minimum absolute atomic E-state index is 0.117. The third kappa shape index (κ3) is 5.97. The normalized spacial score (nSPS) is 10.5. The first-order chi connectivity index (χ1) is 13.5. The summed E-state index contributed by atoms with van der Waals surface area (Å²) < 4.78 is 0. The Bertz CT molecular complexity index is 946. The summed E-state index contributed by atoms with van der Waals surface area (Å²) >= 11 is 7.41. The Balaban J connectivity index is 1.46. The van der Waals surface area contributed by atoms with E-state index in [1.807, 2.05) is 31.2 Å². The molecule has 2 N–H and O–H groups in total. The molecule has 0 saturated heterocycles. The van der Waals surface area contributed by atoms with Crippen LogP contribution in [-0.4, -0.2) is 21.9 Å². The van der Waals surface area contributed by atoms with Crippen molar-refractivity contribution in [2.24, 2.45) is 0 Å². The topological polar surface area (TPSA) is 66.9 Å². The Labute approximate surface area is 173 Å². The number of aromatic nitrogens is 2. The monoisotopic (exact) mass is 412 g/mol. The lowest BCUT2D eigenvalue weighted by Crippen LogP contribution is -2.14. The molecule has 1 aromatic heterocycles. The van der Waals surface area contributed by atoms with E-state index in [2.05, 4.69) is 52.0 Å². The number of nitrogens with zero attached hydrogens (tertiary/aromatic N) is 2. The lowest BCUT2D eigenvalue weighted by molar-refractivity contribution is -0.113. The maximum absolute atomic E-state index is 12.1. The number of carbonyl (C=O) groups is 1. The predicted octanol–water partition coefficient (Wildman–Crippen LogP) is 5.09. The number of rotatable bonds is 7. The van der Waals surface area contributed by atoms with Gasteiger partial charge in [0.2, 0.25) is 5.91 Å². The average molecular weight is 413 g/mol. The van der Waals surface area contributed by atoms with Gasteiger partial charge in [-0.2, -0.15) is 0 Å². The van der Waals surface area contributed by atoms with Gasteiger partial charge in [0.15, 0.2) is 0 Å². The quantitative estimate of drug-likeness (QED) is 0.529. The Kier molecular flexibility index (Phi) is 6.90. The third-order valence-corrected chi connectivity index (χ3v) is 5.37. The molecule has 0 radical (unpaired) electrons. The number of anilines is 2. The van der Waals surface area contributed by atoms with Gasteiger partial charge in [-0.25, -0.2) is 0 Å². The molecule has 0 fully saturated rings. The van der Waals surface area contributed by atoms with Gasteiger partial charge in [-0.1, -0.05) is 59.3 Å². The molecule has 0 aliphatic carbocycles. The van der Waals surface area contributed by atoms with Gasteiger partial charge in [0.05, 0.1) is 5.75 Å². The average Bonchev–Trinajstić information content (AvgIpc) is 2.69. The van der Waals surface area contributed by atoms with E-state index >= 15 is 0 Å². The van der Waals surface area contributed by atoms with Crippen LogP contribution in [0.5, 0.6) is 0 Å². The van der Waals surface area contributed by atoms with Gasteiger partial charge < -0.3 is 10.6 Å². The number of benzene rings is 2. The van der Waals surface area contributed by atoms with Crippen LogP contribution >= 0.6 is 23.4 Å². The predicted molar refractivity (Wildman–Crippen MR) is 116 cm³/mol. The zero-order chi connectivity index (χ0) is 19.9. The molecule has 0 saturated carbocycles. The molecule has 3 rings (SSSR count). The van der Waals surface area contributed by atoms with Gasteiger partial charge in [-0.3, -0.25) is 4.79 Å². The fourth-order valence-electron chi connectivity index (χ4n) is 2.40. The summed E-state index contributed by atoms with van der Waals surface area (Å²) in [6, 6.07) is 17.5. The van der Waals surface area contributed by atoms with Gasteiger partial charge in [0.25, 0.3) is 0 Å². The molecule has 0 aliphatic heterocycles.